The summed E-state index contributed by atoms with van der Waals surface area (Å²) < 4.78 is 6.09. The normalized spacial score (nSPS) is 26.0. The van der Waals surface area contributed by atoms with Crippen LogP contribution in [0.1, 0.15) is 30.6 Å². The Morgan fingerprint density at radius 2 is 1.96 bits per heavy atom. The van der Waals surface area contributed by atoms with Crippen molar-refractivity contribution < 1.29 is 9.53 Å². The minimum atomic E-state index is 0.137. The summed E-state index contributed by atoms with van der Waals surface area (Å²) >= 11 is 1.65. The van der Waals surface area contributed by atoms with Gasteiger partial charge in [0.05, 0.1) is 0 Å². The van der Waals surface area contributed by atoms with Crippen molar-refractivity contribution in [2.45, 2.75) is 43.9 Å². The SMILES string of the molecule is O=C(/C=C/c1cccs1)N1C2CCC1CC(Oc1ccncc1)C2. The summed E-state index contributed by atoms with van der Waals surface area (Å²) in [6.45, 7) is 0. The number of carbonyl (C=O) groups is 1. The van der Waals surface area contributed by atoms with E-state index in [4.69, 9.17) is 4.74 Å². The lowest BCUT2D eigenvalue weighted by Gasteiger charge is -2.38. The number of aromatic nitrogens is 1. The molecular weight excluding hydrogens is 320 g/mol. The van der Waals surface area contributed by atoms with Crippen molar-refractivity contribution in [2.75, 3.05) is 0 Å². The largest absolute Gasteiger partial charge is 0.490 e. The van der Waals surface area contributed by atoms with E-state index < -0.39 is 0 Å². The zero-order chi connectivity index (χ0) is 16.4. The van der Waals surface area contributed by atoms with Gasteiger partial charge in [-0.05, 0) is 42.5 Å². The molecule has 5 heteroatoms. The predicted molar refractivity (Wildman–Crippen MR) is 94.9 cm³/mol. The molecule has 2 bridgehead atoms. The number of rotatable bonds is 4. The summed E-state index contributed by atoms with van der Waals surface area (Å²) in [5.41, 5.74) is 0. The Balaban J connectivity index is 1.40. The highest BCUT2D eigenvalue weighted by molar-refractivity contribution is 7.10. The number of nitrogens with zero attached hydrogens (tertiary/aromatic N) is 2. The zero-order valence-electron chi connectivity index (χ0n) is 13.4. The summed E-state index contributed by atoms with van der Waals surface area (Å²) in [5.74, 6) is 1.00. The van der Waals surface area contributed by atoms with Crippen LogP contribution in [-0.4, -0.2) is 34.0 Å². The summed E-state index contributed by atoms with van der Waals surface area (Å²) in [6.07, 6.45) is 11.3. The lowest BCUT2D eigenvalue weighted by Crippen LogP contribution is -2.48. The highest BCUT2D eigenvalue weighted by Crippen LogP contribution is 2.37. The molecule has 0 radical (unpaired) electrons. The maximum atomic E-state index is 12.6. The van der Waals surface area contributed by atoms with Crippen molar-refractivity contribution in [3.05, 3.63) is 53.0 Å². The van der Waals surface area contributed by atoms with Gasteiger partial charge < -0.3 is 9.64 Å². The summed E-state index contributed by atoms with van der Waals surface area (Å²) in [4.78, 5) is 19.8. The Morgan fingerprint density at radius 3 is 2.62 bits per heavy atom. The van der Waals surface area contributed by atoms with Crippen molar-refractivity contribution in [1.29, 1.82) is 0 Å². The molecule has 4 rings (SSSR count). The van der Waals surface area contributed by atoms with Crippen molar-refractivity contribution >= 4 is 23.3 Å². The van der Waals surface area contributed by atoms with Crippen LogP contribution in [0.25, 0.3) is 6.08 Å². The molecule has 2 aromatic rings. The van der Waals surface area contributed by atoms with Gasteiger partial charge in [-0.3, -0.25) is 9.78 Å². The van der Waals surface area contributed by atoms with Crippen LogP contribution in [0.15, 0.2) is 48.1 Å². The van der Waals surface area contributed by atoms with Crippen LogP contribution >= 0.6 is 11.3 Å². The first-order chi connectivity index (χ1) is 11.8. The molecule has 4 heterocycles. The molecule has 2 unspecified atom stereocenters. The van der Waals surface area contributed by atoms with Gasteiger partial charge in [0.15, 0.2) is 0 Å². The van der Waals surface area contributed by atoms with E-state index in [1.54, 1.807) is 29.8 Å². The Labute approximate surface area is 145 Å². The molecule has 0 N–H and O–H groups in total. The molecule has 1 amide bonds. The van der Waals surface area contributed by atoms with Crippen LogP contribution in [0.5, 0.6) is 5.75 Å². The maximum absolute atomic E-state index is 12.6. The second kappa shape index (κ2) is 6.77. The minimum absolute atomic E-state index is 0.137. The number of hydrogen-bond donors (Lipinski definition) is 0. The fourth-order valence-corrected chi connectivity index (χ4v) is 4.44. The van der Waals surface area contributed by atoms with E-state index in [0.717, 1.165) is 36.3 Å². The Morgan fingerprint density at radius 1 is 1.21 bits per heavy atom. The molecule has 2 aliphatic rings. The first kappa shape index (κ1) is 15.4. The average Bonchev–Trinajstić information content (AvgIpc) is 3.20. The number of piperidine rings is 1. The van der Waals surface area contributed by atoms with Crippen LogP contribution in [0, 0.1) is 0 Å². The molecule has 0 saturated carbocycles. The smallest absolute Gasteiger partial charge is 0.247 e. The molecule has 2 fully saturated rings. The van der Waals surface area contributed by atoms with Gasteiger partial charge >= 0.3 is 0 Å². The lowest BCUT2D eigenvalue weighted by atomic mass is 9.99. The van der Waals surface area contributed by atoms with Gasteiger partial charge in [-0.1, -0.05) is 6.07 Å². The first-order valence-electron chi connectivity index (χ1n) is 8.40. The van der Waals surface area contributed by atoms with E-state index in [1.807, 2.05) is 35.7 Å². The van der Waals surface area contributed by atoms with Gasteiger partial charge in [-0.2, -0.15) is 0 Å². The quantitative estimate of drug-likeness (QED) is 0.796. The number of pyridine rings is 1. The number of fused-ring (bicyclic) bond motifs is 2. The van der Waals surface area contributed by atoms with Gasteiger partial charge in [0.1, 0.15) is 11.9 Å². The van der Waals surface area contributed by atoms with E-state index in [9.17, 15) is 4.79 Å². The van der Waals surface area contributed by atoms with E-state index in [0.29, 0.717) is 12.1 Å². The Kier molecular flexibility index (Phi) is 4.34. The topological polar surface area (TPSA) is 42.4 Å². The highest BCUT2D eigenvalue weighted by Gasteiger charge is 2.43. The minimum Gasteiger partial charge on any atom is -0.490 e. The molecular formula is C19H20N2O2S. The molecule has 0 spiro atoms. The van der Waals surface area contributed by atoms with Crippen LogP contribution in [0.3, 0.4) is 0 Å². The van der Waals surface area contributed by atoms with E-state index in [1.165, 1.54) is 0 Å². The Hall–Kier alpha value is -2.14. The van der Waals surface area contributed by atoms with E-state index in [2.05, 4.69) is 9.88 Å². The highest BCUT2D eigenvalue weighted by atomic mass is 32.1. The number of ether oxygens (including phenoxy) is 1. The second-order valence-corrected chi connectivity index (χ2v) is 7.35. The molecule has 0 aliphatic carbocycles. The van der Waals surface area contributed by atoms with Gasteiger partial charge in [-0.15, -0.1) is 11.3 Å². The molecule has 2 aliphatic heterocycles. The standard InChI is InChI=1S/C19H20N2O2S/c22-19(6-5-18-2-1-11-24-18)21-14-3-4-15(21)13-17(12-14)23-16-7-9-20-10-8-16/h1-2,5-11,14-15,17H,3-4,12-13H2/b6-5+. The van der Waals surface area contributed by atoms with Gasteiger partial charge in [-0.25, -0.2) is 0 Å². The van der Waals surface area contributed by atoms with Gasteiger partial charge in [0.25, 0.3) is 0 Å². The third-order valence-electron chi connectivity index (χ3n) is 4.83. The number of carbonyl (C=O) groups excluding carboxylic acids is 1. The van der Waals surface area contributed by atoms with E-state index >= 15 is 0 Å². The van der Waals surface area contributed by atoms with Gasteiger partial charge in [0, 0.05) is 48.3 Å². The van der Waals surface area contributed by atoms with Crippen LogP contribution < -0.4 is 4.74 Å². The zero-order valence-corrected chi connectivity index (χ0v) is 14.2. The van der Waals surface area contributed by atoms with Crippen molar-refractivity contribution in [2.24, 2.45) is 0 Å². The van der Waals surface area contributed by atoms with Crippen molar-refractivity contribution in [3.63, 3.8) is 0 Å². The Bertz CT molecular complexity index is 700. The van der Waals surface area contributed by atoms with Crippen LogP contribution in [0.4, 0.5) is 0 Å². The molecule has 24 heavy (non-hydrogen) atoms. The molecule has 2 aromatic heterocycles. The second-order valence-electron chi connectivity index (χ2n) is 6.37. The molecule has 0 aromatic carbocycles. The van der Waals surface area contributed by atoms with E-state index in [-0.39, 0.29) is 12.0 Å². The fourth-order valence-electron chi connectivity index (χ4n) is 3.82. The molecule has 124 valence electrons. The molecule has 2 saturated heterocycles. The number of amides is 1. The number of thiophene rings is 1. The maximum Gasteiger partial charge on any atom is 0.247 e. The molecule has 2 atom stereocenters. The predicted octanol–water partition coefficient (Wildman–Crippen LogP) is 3.76. The fraction of sp³-hybridized carbons (Fsp3) is 0.368. The van der Waals surface area contributed by atoms with Crippen molar-refractivity contribution in [3.8, 4) is 5.75 Å². The average molecular weight is 340 g/mol. The monoisotopic (exact) mass is 340 g/mol. The van der Waals surface area contributed by atoms with Crippen LogP contribution in [-0.2, 0) is 4.79 Å². The summed E-state index contributed by atoms with van der Waals surface area (Å²) in [7, 11) is 0. The first-order valence-corrected chi connectivity index (χ1v) is 9.28. The third kappa shape index (κ3) is 3.22. The third-order valence-corrected chi connectivity index (χ3v) is 5.67. The summed E-state index contributed by atoms with van der Waals surface area (Å²) in [6, 6.07) is 8.41. The number of hydrogen-bond acceptors (Lipinski definition) is 4. The van der Waals surface area contributed by atoms with Crippen molar-refractivity contribution in [1.82, 2.24) is 9.88 Å². The lowest BCUT2D eigenvalue weighted by molar-refractivity contribution is -0.131. The summed E-state index contributed by atoms with van der Waals surface area (Å²) in [5, 5.41) is 2.02. The molecule has 4 nitrogen and oxygen atoms in total. The van der Waals surface area contributed by atoms with Crippen LogP contribution in [0.2, 0.25) is 0 Å². The van der Waals surface area contributed by atoms with Gasteiger partial charge in [0.2, 0.25) is 5.91 Å².